The molecule has 3 fully saturated rings. The van der Waals surface area contributed by atoms with Gasteiger partial charge < -0.3 is 80.2 Å². The number of amides is 12. The predicted molar refractivity (Wildman–Crippen MR) is 365 cm³/mol. The minimum Gasteiger partial charge on any atom is -0.447 e. The number of fused-ring (bicyclic) bond motifs is 1. The molecule has 6 N–H and O–H groups in total. The highest BCUT2D eigenvalue weighted by atomic mass is 16.6. The molecule has 3 aliphatic heterocycles. The quantitative estimate of drug-likeness (QED) is 0.0848. The van der Waals surface area contributed by atoms with Crippen LogP contribution >= 0.6 is 0 Å². The Hall–Kier alpha value is -6.94. The first kappa shape index (κ1) is 84.3. The lowest BCUT2D eigenvalue weighted by Gasteiger charge is -2.41. The topological polar surface area (TPSA) is 338 Å². The van der Waals surface area contributed by atoms with Crippen LogP contribution in [-0.4, -0.2) is 281 Å². The van der Waals surface area contributed by atoms with E-state index in [-0.39, 0.29) is 76.0 Å². The highest BCUT2D eigenvalue weighted by molar-refractivity contribution is 6.00. The van der Waals surface area contributed by atoms with Gasteiger partial charge in [-0.25, -0.2) is 4.79 Å². The number of aliphatic hydroxyl groups excluding tert-OH is 2. The van der Waals surface area contributed by atoms with Crippen molar-refractivity contribution in [2.75, 3.05) is 81.7 Å². The van der Waals surface area contributed by atoms with Gasteiger partial charge in [0.25, 0.3) is 0 Å². The molecule has 0 radical (unpaired) electrons. The van der Waals surface area contributed by atoms with Crippen LogP contribution in [0, 0.1) is 35.5 Å². The van der Waals surface area contributed by atoms with Crippen molar-refractivity contribution in [1.82, 2.24) is 60.5 Å². The Bertz CT molecular complexity index is 2720. The van der Waals surface area contributed by atoms with E-state index in [2.05, 4.69) is 21.3 Å². The molecule has 0 saturated carbocycles. The molecular weight excluding hydrogens is 1250 g/mol. The average Bonchev–Trinajstić information content (AvgIpc) is 1.79. The van der Waals surface area contributed by atoms with Crippen molar-refractivity contribution in [2.45, 2.75) is 240 Å². The van der Waals surface area contributed by atoms with Crippen molar-refractivity contribution >= 4 is 71.1 Å². The van der Waals surface area contributed by atoms with Gasteiger partial charge in [-0.1, -0.05) is 95.2 Å². The second-order valence-electron chi connectivity index (χ2n) is 28.8. The Morgan fingerprint density at radius 1 is 0.546 bits per heavy atom. The zero-order valence-corrected chi connectivity index (χ0v) is 61.9. The van der Waals surface area contributed by atoms with E-state index in [1.165, 1.54) is 75.7 Å². The zero-order valence-electron chi connectivity index (χ0n) is 61.9. The van der Waals surface area contributed by atoms with Gasteiger partial charge in [-0.2, -0.15) is 0 Å². The molecule has 3 saturated heterocycles. The maximum atomic E-state index is 15.4. The summed E-state index contributed by atoms with van der Waals surface area (Å²) in [6.45, 7) is 25.3. The van der Waals surface area contributed by atoms with Crippen LogP contribution < -0.4 is 21.3 Å². The van der Waals surface area contributed by atoms with E-state index in [0.29, 0.717) is 13.1 Å². The second-order valence-corrected chi connectivity index (χ2v) is 28.8. The lowest BCUT2D eigenvalue weighted by molar-refractivity contribution is -0.157. The SMILES string of the molecule is C/C=C/C[C@@H](C)[C@@H](O)[C@H]1C(=O)N[C@@H](CC)C(=O)N2CC(OCCOC(=O)N3CCCCC3)C[C@@H]2C(=O)N(C)[C@@H](CO)C(=O)N[C@@H](C(C)C)C(=O)N(C)[C@@H](CC(C)C)C(=O)N[C@@H](C)C(=O)N[C@H](C)C(=O)N(C)[C@@H](CC(C)C)C(=O)N(C)[C@@H](CC(C)C)C(=O)N(C)[C@@H](C(C)C)C(=O)N1C. The smallest absolute Gasteiger partial charge is 0.409 e. The Kier molecular flexibility index (Phi) is 33.9. The van der Waals surface area contributed by atoms with Gasteiger partial charge in [0, 0.05) is 68.3 Å². The molecule has 97 heavy (non-hydrogen) atoms. The number of hydrogen-bond donors (Lipinski definition) is 6. The molecule has 12 amide bonds. The number of nitrogens with one attached hydrogen (secondary N) is 4. The van der Waals surface area contributed by atoms with E-state index in [1.54, 1.807) is 65.5 Å². The van der Waals surface area contributed by atoms with Gasteiger partial charge in [-0.15, -0.1) is 0 Å². The first-order valence-electron chi connectivity index (χ1n) is 34.9. The molecule has 1 unspecified atom stereocenters. The standard InChI is InChI=1S/C69H120N12O16/c1-22-24-28-44(13)57(83)56-61(87)72-48(23-2)63(89)81-37-47(96-31-32-97-69(95)80-29-26-25-27-30-80)36-52(81)66(92)77(19)53(38-82)60(86)73-54(42(9)10)67(93)74(16)49(33-39(3)4)59(85)70-45(14)58(84)71-46(15)62(88)75(17)50(34-40(5)6)64(90)76(18)51(35-41(7)8)65(91)78(20)55(43(11)12)68(94)79(56)21/h22,24,39-57,82-83H,23,25-38H2,1-21H3,(H,70,85)(H,71,84)(H,72,87)(H,73,86)/b24-22+/t44-,45+,46-,47?,48+,49+,50+,51+,52-,53+,54+,55+,56+,57-/m1/s1. The number of ether oxygens (including phenoxy) is 2. The number of nitrogens with zero attached hydrogens (tertiary/aromatic N) is 8. The maximum absolute atomic E-state index is 15.4. The van der Waals surface area contributed by atoms with E-state index < -0.39 is 174 Å². The molecule has 14 atom stereocenters. The van der Waals surface area contributed by atoms with Crippen molar-refractivity contribution in [2.24, 2.45) is 35.5 Å². The van der Waals surface area contributed by atoms with Crippen molar-refractivity contribution in [1.29, 1.82) is 0 Å². The maximum Gasteiger partial charge on any atom is 0.409 e. The monoisotopic (exact) mass is 1370 g/mol. The number of piperidine rings is 1. The van der Waals surface area contributed by atoms with Crippen molar-refractivity contribution in [3.63, 3.8) is 0 Å². The average molecular weight is 1370 g/mol. The minimum atomic E-state index is -1.71. The molecule has 0 aromatic carbocycles. The summed E-state index contributed by atoms with van der Waals surface area (Å²) >= 11 is 0. The molecule has 28 nitrogen and oxygen atoms in total. The molecule has 3 aliphatic rings. The third kappa shape index (κ3) is 22.8. The number of likely N-dealkylation sites (N-methyl/N-ethyl adjacent to an activating group) is 6. The minimum absolute atomic E-state index is 0.0881. The van der Waals surface area contributed by atoms with Crippen molar-refractivity contribution in [3.8, 4) is 0 Å². The van der Waals surface area contributed by atoms with Gasteiger partial charge in [-0.3, -0.25) is 52.7 Å². The van der Waals surface area contributed by atoms with Crippen LogP contribution in [0.15, 0.2) is 12.2 Å². The summed E-state index contributed by atoms with van der Waals surface area (Å²) in [4.78, 5) is 186. The van der Waals surface area contributed by atoms with E-state index >= 15 is 28.8 Å². The van der Waals surface area contributed by atoms with Gasteiger partial charge in [-0.05, 0) is 108 Å². The normalized spacial score (nSPS) is 28.0. The first-order chi connectivity index (χ1) is 45.3. The predicted octanol–water partition coefficient (Wildman–Crippen LogP) is 2.37. The van der Waals surface area contributed by atoms with Gasteiger partial charge >= 0.3 is 6.09 Å². The molecule has 552 valence electrons. The number of rotatable bonds is 18. The molecule has 0 aliphatic carbocycles. The summed E-state index contributed by atoms with van der Waals surface area (Å²) in [7, 11) is 8.23. The lowest BCUT2D eigenvalue weighted by atomic mass is 9.91. The summed E-state index contributed by atoms with van der Waals surface area (Å²) in [5.41, 5.74) is 0. The highest BCUT2D eigenvalue weighted by Gasteiger charge is 2.49. The van der Waals surface area contributed by atoms with E-state index in [4.69, 9.17) is 9.47 Å². The summed E-state index contributed by atoms with van der Waals surface area (Å²) in [6, 6.07) is -15.0. The number of likely N-dealkylation sites (tertiary alicyclic amines) is 1. The second kappa shape index (κ2) is 39.0. The summed E-state index contributed by atoms with van der Waals surface area (Å²) in [5.74, 6) is -11.0. The molecule has 0 aromatic heterocycles. The van der Waals surface area contributed by atoms with Crippen molar-refractivity contribution in [3.05, 3.63) is 12.2 Å². The van der Waals surface area contributed by atoms with Gasteiger partial charge in [0.05, 0.1) is 25.4 Å². The van der Waals surface area contributed by atoms with E-state index in [9.17, 15) is 39.0 Å². The number of carbonyl (C=O) groups excluding carboxylic acids is 12. The molecule has 0 spiro atoms. The first-order valence-corrected chi connectivity index (χ1v) is 34.9. The van der Waals surface area contributed by atoms with E-state index in [1.807, 2.05) is 41.5 Å². The number of hydrogen-bond acceptors (Lipinski definition) is 16. The fraction of sp³-hybridized carbons (Fsp3) is 0.797. The van der Waals surface area contributed by atoms with E-state index in [0.717, 1.165) is 34.0 Å². The van der Waals surface area contributed by atoms with Crippen LogP contribution in [0.1, 0.15) is 162 Å². The Morgan fingerprint density at radius 2 is 1.04 bits per heavy atom. The summed E-state index contributed by atoms with van der Waals surface area (Å²) < 4.78 is 11.7. The Morgan fingerprint density at radius 3 is 1.56 bits per heavy atom. The van der Waals surface area contributed by atoms with Crippen LogP contribution in [0.3, 0.4) is 0 Å². The zero-order chi connectivity index (χ0) is 73.8. The molecule has 3 heterocycles. The van der Waals surface area contributed by atoms with Gasteiger partial charge in [0.1, 0.15) is 73.1 Å². The third-order valence-electron chi connectivity index (χ3n) is 18.9. The van der Waals surface area contributed by atoms with Crippen LogP contribution in [0.5, 0.6) is 0 Å². The Balaban J connectivity index is 2.34. The summed E-state index contributed by atoms with van der Waals surface area (Å²) in [6.07, 6.45) is 3.57. The number of allylic oxidation sites excluding steroid dienone is 2. The molecule has 0 bridgehead atoms. The summed E-state index contributed by atoms with van der Waals surface area (Å²) in [5, 5.41) is 34.1. The largest absolute Gasteiger partial charge is 0.447 e. The van der Waals surface area contributed by atoms with Crippen LogP contribution in [0.25, 0.3) is 0 Å². The number of carbonyl (C=O) groups is 12. The number of aliphatic hydroxyl groups is 2. The molecule has 28 heteroatoms. The fourth-order valence-corrected chi connectivity index (χ4v) is 12.8. The van der Waals surface area contributed by atoms with Crippen LogP contribution in [-0.2, 0) is 62.2 Å². The van der Waals surface area contributed by atoms with Crippen LogP contribution in [0.2, 0.25) is 0 Å². The lowest BCUT2D eigenvalue weighted by Crippen LogP contribution is -2.64. The highest BCUT2D eigenvalue weighted by Crippen LogP contribution is 2.28. The Labute approximate surface area is 576 Å². The van der Waals surface area contributed by atoms with Gasteiger partial charge in [0.2, 0.25) is 65.0 Å². The van der Waals surface area contributed by atoms with Crippen molar-refractivity contribution < 1.29 is 77.2 Å². The third-order valence-corrected chi connectivity index (χ3v) is 18.9. The van der Waals surface area contributed by atoms with Gasteiger partial charge in [0.15, 0.2) is 0 Å². The molecular formula is C69H120N12O16. The fourth-order valence-electron chi connectivity index (χ4n) is 12.8. The molecule has 0 aromatic rings. The van der Waals surface area contributed by atoms with Crippen LogP contribution in [0.4, 0.5) is 4.79 Å². The molecule has 3 rings (SSSR count).